The number of nitrogens with two attached hydrogens (primary N) is 1. The van der Waals surface area contributed by atoms with Gasteiger partial charge in [0.15, 0.2) is 0 Å². The second-order valence-corrected chi connectivity index (χ2v) is 5.35. The summed E-state index contributed by atoms with van der Waals surface area (Å²) in [5, 5.41) is 2.56. The van der Waals surface area contributed by atoms with E-state index in [0.717, 1.165) is 6.42 Å². The maximum absolute atomic E-state index is 6.39. The molecule has 2 aromatic rings. The molecule has 1 heterocycles. The Kier molecular flexibility index (Phi) is 3.28. The molecule has 3 rings (SSSR count). The quantitative estimate of drug-likeness (QED) is 0.773. The first-order valence-electron chi connectivity index (χ1n) is 6.94. The highest BCUT2D eigenvalue weighted by Crippen LogP contribution is 2.34. The largest absolute Gasteiger partial charge is 0.327 e. The van der Waals surface area contributed by atoms with Gasteiger partial charge in [0, 0.05) is 23.8 Å². The average molecular weight is 240 g/mol. The Balaban J connectivity index is 2.07. The van der Waals surface area contributed by atoms with Crippen LogP contribution in [0.15, 0.2) is 36.7 Å². The molecule has 1 saturated carbocycles. The van der Waals surface area contributed by atoms with Gasteiger partial charge in [0.1, 0.15) is 0 Å². The summed E-state index contributed by atoms with van der Waals surface area (Å²) in [4.78, 5) is 4.21. The number of rotatable bonds is 1. The molecule has 0 amide bonds. The first-order valence-corrected chi connectivity index (χ1v) is 6.94. The second-order valence-electron chi connectivity index (χ2n) is 5.35. The van der Waals surface area contributed by atoms with Crippen molar-refractivity contribution in [2.45, 2.75) is 44.1 Å². The van der Waals surface area contributed by atoms with Crippen molar-refractivity contribution in [1.82, 2.24) is 4.98 Å². The number of aromatic nitrogens is 1. The average Bonchev–Trinajstić information content (AvgIpc) is 2.63. The lowest BCUT2D eigenvalue weighted by Crippen LogP contribution is -2.27. The van der Waals surface area contributed by atoms with Crippen LogP contribution >= 0.6 is 0 Å². The molecule has 2 unspecified atom stereocenters. The molecule has 18 heavy (non-hydrogen) atoms. The van der Waals surface area contributed by atoms with Gasteiger partial charge < -0.3 is 5.73 Å². The van der Waals surface area contributed by atoms with Gasteiger partial charge in [-0.15, -0.1) is 0 Å². The summed E-state index contributed by atoms with van der Waals surface area (Å²) in [6, 6.07) is 8.96. The number of hydrogen-bond acceptors (Lipinski definition) is 2. The van der Waals surface area contributed by atoms with Crippen molar-refractivity contribution in [3.05, 3.63) is 42.2 Å². The van der Waals surface area contributed by atoms with Crippen LogP contribution in [0.2, 0.25) is 0 Å². The van der Waals surface area contributed by atoms with E-state index < -0.39 is 0 Å². The van der Waals surface area contributed by atoms with Crippen LogP contribution in [0.1, 0.15) is 43.6 Å². The predicted octanol–water partition coefficient (Wildman–Crippen LogP) is 3.61. The monoisotopic (exact) mass is 240 g/mol. The molecule has 2 N–H and O–H groups in total. The zero-order chi connectivity index (χ0) is 12.4. The summed E-state index contributed by atoms with van der Waals surface area (Å²) in [6.07, 6.45) is 10.1. The van der Waals surface area contributed by atoms with Crippen LogP contribution in [0.25, 0.3) is 10.8 Å². The zero-order valence-electron chi connectivity index (χ0n) is 10.7. The summed E-state index contributed by atoms with van der Waals surface area (Å²) >= 11 is 0. The van der Waals surface area contributed by atoms with Gasteiger partial charge in [0.05, 0.1) is 0 Å². The lowest BCUT2D eigenvalue weighted by Gasteiger charge is -2.23. The molecular formula is C16H20N2. The van der Waals surface area contributed by atoms with Gasteiger partial charge in [0.25, 0.3) is 0 Å². The van der Waals surface area contributed by atoms with Gasteiger partial charge in [-0.1, -0.05) is 37.5 Å². The Morgan fingerprint density at radius 3 is 2.89 bits per heavy atom. The molecule has 0 aliphatic heterocycles. The Labute approximate surface area is 108 Å². The fourth-order valence-corrected chi connectivity index (χ4v) is 3.19. The molecule has 0 saturated heterocycles. The minimum Gasteiger partial charge on any atom is -0.327 e. The highest BCUT2D eigenvalue weighted by molar-refractivity contribution is 5.85. The van der Waals surface area contributed by atoms with Crippen molar-refractivity contribution in [3.8, 4) is 0 Å². The lowest BCUT2D eigenvalue weighted by molar-refractivity contribution is 0.508. The predicted molar refractivity (Wildman–Crippen MR) is 75.5 cm³/mol. The molecule has 0 bridgehead atoms. The number of nitrogens with zero attached hydrogens (tertiary/aromatic N) is 1. The maximum Gasteiger partial charge on any atom is 0.0346 e. The van der Waals surface area contributed by atoms with E-state index in [4.69, 9.17) is 5.73 Å². The minimum atomic E-state index is 0.311. The second kappa shape index (κ2) is 5.07. The fraction of sp³-hybridized carbons (Fsp3) is 0.438. The van der Waals surface area contributed by atoms with E-state index in [1.54, 1.807) is 0 Å². The molecule has 1 aliphatic rings. The number of fused-ring (bicyclic) bond motifs is 1. The lowest BCUT2D eigenvalue weighted by atomic mass is 9.85. The molecule has 1 fully saturated rings. The van der Waals surface area contributed by atoms with Gasteiger partial charge in [0.2, 0.25) is 0 Å². The van der Waals surface area contributed by atoms with Gasteiger partial charge >= 0.3 is 0 Å². The molecule has 1 aromatic heterocycles. The van der Waals surface area contributed by atoms with Crippen LogP contribution in [0.3, 0.4) is 0 Å². The van der Waals surface area contributed by atoms with Crippen molar-refractivity contribution in [2.24, 2.45) is 5.73 Å². The molecule has 2 nitrogen and oxygen atoms in total. The summed E-state index contributed by atoms with van der Waals surface area (Å²) in [5.41, 5.74) is 7.81. The van der Waals surface area contributed by atoms with Gasteiger partial charge in [-0.05, 0) is 35.8 Å². The number of hydrogen-bond donors (Lipinski definition) is 1. The van der Waals surface area contributed by atoms with Gasteiger partial charge in [-0.25, -0.2) is 0 Å². The van der Waals surface area contributed by atoms with Crippen molar-refractivity contribution in [1.29, 1.82) is 0 Å². The van der Waals surface area contributed by atoms with E-state index in [1.165, 1.54) is 42.0 Å². The SMILES string of the molecule is NC1CCCCCC1c1cccc2cnccc12. The van der Waals surface area contributed by atoms with Gasteiger partial charge in [-0.3, -0.25) is 4.98 Å². The van der Waals surface area contributed by atoms with E-state index in [1.807, 2.05) is 12.4 Å². The third-order valence-electron chi connectivity index (χ3n) is 4.18. The molecule has 94 valence electrons. The molecule has 2 atom stereocenters. The van der Waals surface area contributed by atoms with Crippen LogP contribution in [-0.2, 0) is 0 Å². The van der Waals surface area contributed by atoms with E-state index >= 15 is 0 Å². The minimum absolute atomic E-state index is 0.311. The maximum atomic E-state index is 6.39. The van der Waals surface area contributed by atoms with Crippen molar-refractivity contribution in [3.63, 3.8) is 0 Å². The Morgan fingerprint density at radius 1 is 1.06 bits per heavy atom. The summed E-state index contributed by atoms with van der Waals surface area (Å²) in [5.74, 6) is 0.513. The van der Waals surface area contributed by atoms with Crippen molar-refractivity contribution in [2.75, 3.05) is 0 Å². The Morgan fingerprint density at radius 2 is 1.94 bits per heavy atom. The topological polar surface area (TPSA) is 38.9 Å². The van der Waals surface area contributed by atoms with E-state index in [9.17, 15) is 0 Å². The molecule has 0 spiro atoms. The third kappa shape index (κ3) is 2.13. The molecular weight excluding hydrogens is 220 g/mol. The summed E-state index contributed by atoms with van der Waals surface area (Å²) in [6.45, 7) is 0. The normalized spacial score (nSPS) is 24.9. The third-order valence-corrected chi connectivity index (χ3v) is 4.18. The van der Waals surface area contributed by atoms with Gasteiger partial charge in [-0.2, -0.15) is 0 Å². The Hall–Kier alpha value is -1.41. The van der Waals surface area contributed by atoms with E-state index in [0.29, 0.717) is 12.0 Å². The first-order chi connectivity index (χ1) is 8.86. The van der Waals surface area contributed by atoms with E-state index in [2.05, 4.69) is 29.2 Å². The standard InChI is InChI=1S/C16H20N2/c17-16-8-3-1-2-6-15(16)14-7-4-5-12-11-18-10-9-13(12)14/h4-5,7,9-11,15-16H,1-3,6,8,17H2. The van der Waals surface area contributed by atoms with Crippen molar-refractivity contribution < 1.29 is 0 Å². The van der Waals surface area contributed by atoms with Crippen molar-refractivity contribution >= 4 is 10.8 Å². The number of benzene rings is 1. The molecule has 2 heteroatoms. The number of pyridine rings is 1. The van der Waals surface area contributed by atoms with Crippen LogP contribution in [0, 0.1) is 0 Å². The first kappa shape index (κ1) is 11.7. The summed E-state index contributed by atoms with van der Waals surface area (Å²) < 4.78 is 0. The fourth-order valence-electron chi connectivity index (χ4n) is 3.19. The zero-order valence-corrected chi connectivity index (χ0v) is 10.7. The smallest absolute Gasteiger partial charge is 0.0346 e. The van der Waals surface area contributed by atoms with Crippen LogP contribution in [0.5, 0.6) is 0 Å². The van der Waals surface area contributed by atoms with E-state index in [-0.39, 0.29) is 0 Å². The molecule has 1 aromatic carbocycles. The highest BCUT2D eigenvalue weighted by Gasteiger charge is 2.23. The Bertz CT molecular complexity index is 530. The van der Waals surface area contributed by atoms with Crippen LogP contribution < -0.4 is 5.73 Å². The van der Waals surface area contributed by atoms with Crippen LogP contribution in [-0.4, -0.2) is 11.0 Å². The molecule has 1 aliphatic carbocycles. The summed E-state index contributed by atoms with van der Waals surface area (Å²) in [7, 11) is 0. The highest BCUT2D eigenvalue weighted by atomic mass is 14.7. The molecule has 0 radical (unpaired) electrons. The van der Waals surface area contributed by atoms with Crippen LogP contribution in [0.4, 0.5) is 0 Å².